The minimum atomic E-state index is -0.849. The van der Waals surface area contributed by atoms with Crippen LogP contribution in [0.15, 0.2) is 36.5 Å². The Kier molecular flexibility index (Phi) is 7.85. The summed E-state index contributed by atoms with van der Waals surface area (Å²) in [7, 11) is 0. The first-order chi connectivity index (χ1) is 17.8. The van der Waals surface area contributed by atoms with Gasteiger partial charge in [-0.2, -0.15) is 0 Å². The van der Waals surface area contributed by atoms with E-state index in [1.54, 1.807) is 37.4 Å². The smallest absolute Gasteiger partial charge is 0.414 e. The summed E-state index contributed by atoms with van der Waals surface area (Å²) >= 11 is 0. The van der Waals surface area contributed by atoms with E-state index in [4.69, 9.17) is 9.47 Å². The van der Waals surface area contributed by atoms with Crippen molar-refractivity contribution < 1.29 is 33.0 Å². The molecule has 3 heterocycles. The van der Waals surface area contributed by atoms with Gasteiger partial charge < -0.3 is 24.6 Å². The maximum atomic E-state index is 15.0. The number of benzene rings is 1. The quantitative estimate of drug-likeness (QED) is 0.456. The molecule has 2 aliphatic heterocycles. The second-order valence-electron chi connectivity index (χ2n) is 8.62. The largest absolute Gasteiger partial charge is 0.459 e. The van der Waals surface area contributed by atoms with Gasteiger partial charge in [-0.25, -0.2) is 19.0 Å². The molecule has 2 aliphatic rings. The van der Waals surface area contributed by atoms with Crippen molar-refractivity contribution in [2.75, 3.05) is 55.7 Å². The number of aromatic nitrogens is 1. The van der Waals surface area contributed by atoms with Gasteiger partial charge in [0.05, 0.1) is 25.4 Å². The fourth-order valence-corrected chi connectivity index (χ4v) is 4.20. The average Bonchev–Trinajstić information content (AvgIpc) is 3.27. The standard InChI is InChI=1S/C25H28FN5O6/c1-3-36-24(34)23(33)30-10-8-29(9-11-30)22-7-4-17(13-28-22)20-6-5-18(12-21(20)26)31-15-19(37-25(31)35)14-27-16(2)32/h4-7,12-13,19H,3,8-11,14-15H2,1-2H3,(H,27,32)/t19-/m0/s1. The molecule has 0 spiro atoms. The highest BCUT2D eigenvalue weighted by atomic mass is 19.1. The summed E-state index contributed by atoms with van der Waals surface area (Å²) in [5.41, 5.74) is 1.25. The molecular weight excluding hydrogens is 485 g/mol. The Morgan fingerprint density at radius 1 is 1.16 bits per heavy atom. The van der Waals surface area contributed by atoms with Crippen molar-refractivity contribution in [2.45, 2.75) is 20.0 Å². The van der Waals surface area contributed by atoms with Crippen LogP contribution in [-0.2, 0) is 23.9 Å². The first kappa shape index (κ1) is 25.9. The van der Waals surface area contributed by atoms with Crippen LogP contribution < -0.4 is 15.1 Å². The molecule has 11 nitrogen and oxygen atoms in total. The van der Waals surface area contributed by atoms with Gasteiger partial charge in [-0.05, 0) is 37.3 Å². The summed E-state index contributed by atoms with van der Waals surface area (Å²) in [6.07, 6.45) is 0.454. The van der Waals surface area contributed by atoms with Crippen LogP contribution in [0.3, 0.4) is 0 Å². The van der Waals surface area contributed by atoms with Crippen molar-refractivity contribution in [3.63, 3.8) is 0 Å². The number of ether oxygens (including phenoxy) is 2. The number of rotatable bonds is 6. The molecule has 1 N–H and O–H groups in total. The van der Waals surface area contributed by atoms with E-state index in [0.717, 1.165) is 0 Å². The van der Waals surface area contributed by atoms with Crippen LogP contribution in [0.25, 0.3) is 11.1 Å². The van der Waals surface area contributed by atoms with Crippen molar-refractivity contribution in [1.82, 2.24) is 15.2 Å². The zero-order chi connectivity index (χ0) is 26.5. The number of halogens is 1. The molecule has 1 aromatic carbocycles. The van der Waals surface area contributed by atoms with Crippen LogP contribution in [-0.4, -0.2) is 85.7 Å². The number of anilines is 2. The molecule has 0 unspecified atom stereocenters. The van der Waals surface area contributed by atoms with Crippen LogP contribution in [0.4, 0.5) is 20.7 Å². The Labute approximate surface area is 213 Å². The molecule has 0 radical (unpaired) electrons. The van der Waals surface area contributed by atoms with E-state index in [1.165, 1.54) is 22.8 Å². The van der Waals surface area contributed by atoms with Crippen LogP contribution in [0.5, 0.6) is 0 Å². The molecule has 1 atom stereocenters. The van der Waals surface area contributed by atoms with E-state index in [9.17, 15) is 19.2 Å². The van der Waals surface area contributed by atoms with Gasteiger partial charge in [0.15, 0.2) is 0 Å². The third-order valence-corrected chi connectivity index (χ3v) is 6.12. The predicted molar refractivity (Wildman–Crippen MR) is 131 cm³/mol. The number of piperazine rings is 1. The SMILES string of the molecule is CCOC(=O)C(=O)N1CCN(c2ccc(-c3ccc(N4C[C@H](CNC(C)=O)OC4=O)cc3F)cn2)CC1. The van der Waals surface area contributed by atoms with E-state index >= 15 is 4.39 Å². The first-order valence-electron chi connectivity index (χ1n) is 12.0. The number of amides is 3. The lowest BCUT2D eigenvalue weighted by molar-refractivity contribution is -0.160. The molecule has 2 saturated heterocycles. The Bertz CT molecular complexity index is 1180. The summed E-state index contributed by atoms with van der Waals surface area (Å²) in [5, 5.41) is 2.60. The Morgan fingerprint density at radius 3 is 2.54 bits per heavy atom. The number of nitrogens with one attached hydrogen (secondary N) is 1. The summed E-state index contributed by atoms with van der Waals surface area (Å²) in [6.45, 7) is 5.28. The molecule has 0 bridgehead atoms. The molecule has 37 heavy (non-hydrogen) atoms. The van der Waals surface area contributed by atoms with Crippen LogP contribution >= 0.6 is 0 Å². The molecule has 2 aromatic rings. The maximum absolute atomic E-state index is 15.0. The second kappa shape index (κ2) is 11.2. The third kappa shape index (κ3) is 5.96. The van der Waals surface area contributed by atoms with Gasteiger partial charge in [-0.3, -0.25) is 14.5 Å². The van der Waals surface area contributed by atoms with Gasteiger partial charge in [0.1, 0.15) is 17.7 Å². The number of carbonyl (C=O) groups excluding carboxylic acids is 4. The highest BCUT2D eigenvalue weighted by Crippen LogP contribution is 2.29. The molecule has 0 saturated carbocycles. The topological polar surface area (TPSA) is 121 Å². The lowest BCUT2D eigenvalue weighted by Gasteiger charge is -2.34. The average molecular weight is 514 g/mol. The number of pyridine rings is 1. The lowest BCUT2D eigenvalue weighted by atomic mass is 10.1. The Morgan fingerprint density at radius 2 is 1.92 bits per heavy atom. The normalized spacial score (nSPS) is 17.4. The van der Waals surface area contributed by atoms with E-state index in [0.29, 0.717) is 48.8 Å². The van der Waals surface area contributed by atoms with E-state index in [2.05, 4.69) is 10.3 Å². The molecule has 2 fully saturated rings. The van der Waals surface area contributed by atoms with Crippen molar-refractivity contribution in [3.8, 4) is 11.1 Å². The first-order valence-corrected chi connectivity index (χ1v) is 12.0. The second-order valence-corrected chi connectivity index (χ2v) is 8.62. The summed E-state index contributed by atoms with van der Waals surface area (Å²) < 4.78 is 25.0. The van der Waals surface area contributed by atoms with Crippen LogP contribution in [0.1, 0.15) is 13.8 Å². The van der Waals surface area contributed by atoms with Gasteiger partial charge in [0, 0.05) is 50.4 Å². The molecule has 3 amide bonds. The van der Waals surface area contributed by atoms with Gasteiger partial charge in [0.25, 0.3) is 0 Å². The van der Waals surface area contributed by atoms with Gasteiger partial charge in [-0.15, -0.1) is 0 Å². The van der Waals surface area contributed by atoms with Crippen LogP contribution in [0, 0.1) is 5.82 Å². The van der Waals surface area contributed by atoms with Crippen molar-refractivity contribution >= 4 is 35.4 Å². The van der Waals surface area contributed by atoms with E-state index < -0.39 is 29.9 Å². The fraction of sp³-hybridized carbons (Fsp3) is 0.400. The zero-order valence-corrected chi connectivity index (χ0v) is 20.6. The highest BCUT2D eigenvalue weighted by Gasteiger charge is 2.33. The number of cyclic esters (lactones) is 1. The van der Waals surface area contributed by atoms with Gasteiger partial charge >= 0.3 is 18.0 Å². The Hall–Kier alpha value is -4.22. The van der Waals surface area contributed by atoms with Gasteiger partial charge in [0.2, 0.25) is 5.91 Å². The molecular formula is C25H28FN5O6. The lowest BCUT2D eigenvalue weighted by Crippen LogP contribution is -2.51. The molecule has 12 heteroatoms. The predicted octanol–water partition coefficient (Wildman–Crippen LogP) is 1.56. The Balaban J connectivity index is 1.37. The maximum Gasteiger partial charge on any atom is 0.414 e. The number of hydrogen-bond donors (Lipinski definition) is 1. The number of nitrogens with zero attached hydrogens (tertiary/aromatic N) is 4. The van der Waals surface area contributed by atoms with Crippen LogP contribution in [0.2, 0.25) is 0 Å². The fourth-order valence-electron chi connectivity index (χ4n) is 4.20. The highest BCUT2D eigenvalue weighted by molar-refractivity contribution is 6.32. The monoisotopic (exact) mass is 513 g/mol. The zero-order valence-electron chi connectivity index (χ0n) is 20.6. The van der Waals surface area contributed by atoms with Gasteiger partial charge in [-0.1, -0.05) is 0 Å². The third-order valence-electron chi connectivity index (χ3n) is 6.12. The number of esters is 1. The molecule has 4 rings (SSSR count). The van der Waals surface area contributed by atoms with Crippen molar-refractivity contribution in [2.24, 2.45) is 0 Å². The van der Waals surface area contributed by atoms with Crippen molar-refractivity contribution in [1.29, 1.82) is 0 Å². The minimum absolute atomic E-state index is 0.148. The minimum Gasteiger partial charge on any atom is -0.459 e. The molecule has 0 aliphatic carbocycles. The van der Waals surface area contributed by atoms with E-state index in [1.807, 2.05) is 4.90 Å². The summed E-state index contributed by atoms with van der Waals surface area (Å²) in [6, 6.07) is 8.01. The summed E-state index contributed by atoms with van der Waals surface area (Å²) in [4.78, 5) is 56.3. The van der Waals surface area contributed by atoms with E-state index in [-0.39, 0.29) is 25.6 Å². The number of hydrogen-bond acceptors (Lipinski definition) is 8. The summed E-state index contributed by atoms with van der Waals surface area (Å²) in [5.74, 6) is -1.56. The molecule has 196 valence electrons. The molecule has 1 aromatic heterocycles. The number of carbonyl (C=O) groups is 4. The van der Waals surface area contributed by atoms with Crippen molar-refractivity contribution in [3.05, 3.63) is 42.3 Å².